The van der Waals surface area contributed by atoms with Crippen molar-refractivity contribution in [3.63, 3.8) is 0 Å². The highest BCUT2D eigenvalue weighted by Crippen LogP contribution is 2.40. The first-order valence-electron chi connectivity index (χ1n) is 9.20. The van der Waals surface area contributed by atoms with Crippen LogP contribution in [0.4, 0.5) is 0 Å². The Labute approximate surface area is 152 Å². The van der Waals surface area contributed by atoms with Gasteiger partial charge in [0.05, 0.1) is 0 Å². The van der Waals surface area contributed by atoms with Gasteiger partial charge in [0.25, 0.3) is 5.91 Å². The van der Waals surface area contributed by atoms with Gasteiger partial charge in [0.2, 0.25) is 0 Å². The van der Waals surface area contributed by atoms with Crippen LogP contribution in [-0.4, -0.2) is 38.7 Å². The SMILES string of the molecule is CCn1c(SCc2ccc(C(=O)N3CCCC3)cc2)nnc1C1CC1. The van der Waals surface area contributed by atoms with Crippen LogP contribution in [0, 0.1) is 0 Å². The van der Waals surface area contributed by atoms with E-state index in [0.29, 0.717) is 5.92 Å². The molecule has 4 rings (SSSR count). The Morgan fingerprint density at radius 1 is 1.16 bits per heavy atom. The summed E-state index contributed by atoms with van der Waals surface area (Å²) in [6.07, 6.45) is 4.74. The van der Waals surface area contributed by atoms with Crippen LogP contribution in [0.3, 0.4) is 0 Å². The predicted molar refractivity (Wildman–Crippen MR) is 98.8 cm³/mol. The molecule has 1 saturated heterocycles. The highest BCUT2D eigenvalue weighted by Gasteiger charge is 2.29. The van der Waals surface area contributed by atoms with Gasteiger partial charge < -0.3 is 9.47 Å². The predicted octanol–water partition coefficient (Wildman–Crippen LogP) is 3.70. The van der Waals surface area contributed by atoms with Crippen molar-refractivity contribution < 1.29 is 4.79 Å². The summed E-state index contributed by atoms with van der Waals surface area (Å²) in [5.74, 6) is 2.78. The Morgan fingerprint density at radius 2 is 1.88 bits per heavy atom. The number of rotatable bonds is 6. The number of benzene rings is 1. The molecular formula is C19H24N4OS. The number of hydrogen-bond donors (Lipinski definition) is 0. The fraction of sp³-hybridized carbons (Fsp3) is 0.526. The van der Waals surface area contributed by atoms with Crippen molar-refractivity contribution in [1.82, 2.24) is 19.7 Å². The molecule has 0 radical (unpaired) electrons. The molecule has 0 unspecified atom stereocenters. The minimum Gasteiger partial charge on any atom is -0.339 e. The molecule has 1 saturated carbocycles. The Bertz CT molecular complexity index is 745. The first-order chi connectivity index (χ1) is 12.3. The average molecular weight is 356 g/mol. The Balaban J connectivity index is 1.39. The van der Waals surface area contributed by atoms with Crippen molar-refractivity contribution in [2.24, 2.45) is 0 Å². The molecule has 1 aliphatic heterocycles. The zero-order valence-corrected chi connectivity index (χ0v) is 15.5. The summed E-state index contributed by atoms with van der Waals surface area (Å²) in [6, 6.07) is 8.03. The van der Waals surface area contributed by atoms with Gasteiger partial charge in [-0.1, -0.05) is 23.9 Å². The lowest BCUT2D eigenvalue weighted by Crippen LogP contribution is -2.27. The number of amides is 1. The fourth-order valence-corrected chi connectivity index (χ4v) is 4.31. The number of likely N-dealkylation sites (tertiary alicyclic amines) is 1. The number of nitrogens with zero attached hydrogens (tertiary/aromatic N) is 4. The third-order valence-corrected chi connectivity index (χ3v) is 6.00. The second kappa shape index (κ2) is 7.20. The minimum absolute atomic E-state index is 0.163. The molecule has 0 bridgehead atoms. The van der Waals surface area contributed by atoms with Crippen molar-refractivity contribution in [2.75, 3.05) is 13.1 Å². The maximum atomic E-state index is 12.4. The van der Waals surface area contributed by atoms with E-state index in [4.69, 9.17) is 0 Å². The minimum atomic E-state index is 0.163. The topological polar surface area (TPSA) is 51.0 Å². The highest BCUT2D eigenvalue weighted by molar-refractivity contribution is 7.98. The van der Waals surface area contributed by atoms with Crippen LogP contribution in [0.2, 0.25) is 0 Å². The van der Waals surface area contributed by atoms with Crippen LogP contribution in [0.25, 0.3) is 0 Å². The van der Waals surface area contributed by atoms with Crippen molar-refractivity contribution in [3.05, 3.63) is 41.2 Å². The second-order valence-electron chi connectivity index (χ2n) is 6.84. The number of carbonyl (C=O) groups excluding carboxylic acids is 1. The summed E-state index contributed by atoms with van der Waals surface area (Å²) in [4.78, 5) is 14.3. The largest absolute Gasteiger partial charge is 0.339 e. The van der Waals surface area contributed by atoms with E-state index in [0.717, 1.165) is 54.8 Å². The van der Waals surface area contributed by atoms with Crippen molar-refractivity contribution in [2.45, 2.75) is 56.0 Å². The van der Waals surface area contributed by atoms with E-state index in [-0.39, 0.29) is 5.91 Å². The summed E-state index contributed by atoms with van der Waals surface area (Å²) >= 11 is 1.72. The van der Waals surface area contributed by atoms with E-state index in [2.05, 4.69) is 33.8 Å². The Hall–Kier alpha value is -1.82. The van der Waals surface area contributed by atoms with Gasteiger partial charge in [-0.3, -0.25) is 4.79 Å². The number of hydrogen-bond acceptors (Lipinski definition) is 4. The van der Waals surface area contributed by atoms with Crippen LogP contribution in [0.5, 0.6) is 0 Å². The van der Waals surface area contributed by atoms with Crippen LogP contribution in [-0.2, 0) is 12.3 Å². The number of aromatic nitrogens is 3. The van der Waals surface area contributed by atoms with Crippen LogP contribution in [0.15, 0.2) is 29.4 Å². The number of thioether (sulfide) groups is 1. The summed E-state index contributed by atoms with van der Waals surface area (Å²) in [6.45, 7) is 4.86. The first kappa shape index (κ1) is 16.6. The van der Waals surface area contributed by atoms with Crippen molar-refractivity contribution in [3.8, 4) is 0 Å². The summed E-state index contributed by atoms with van der Waals surface area (Å²) in [7, 11) is 0. The Kier molecular flexibility index (Phi) is 4.79. The van der Waals surface area contributed by atoms with Gasteiger partial charge in [0, 0.05) is 36.9 Å². The zero-order chi connectivity index (χ0) is 17.2. The Morgan fingerprint density at radius 3 is 2.52 bits per heavy atom. The number of carbonyl (C=O) groups is 1. The first-order valence-corrected chi connectivity index (χ1v) is 10.2. The van der Waals surface area contributed by atoms with Crippen LogP contribution in [0.1, 0.15) is 60.3 Å². The molecule has 2 heterocycles. The average Bonchev–Trinajstić information content (AvgIpc) is 3.19. The lowest BCUT2D eigenvalue weighted by atomic mass is 10.1. The molecule has 25 heavy (non-hydrogen) atoms. The van der Waals surface area contributed by atoms with E-state index in [9.17, 15) is 4.79 Å². The third kappa shape index (κ3) is 3.59. The van der Waals surface area contributed by atoms with E-state index < -0.39 is 0 Å². The van der Waals surface area contributed by atoms with Gasteiger partial charge in [-0.2, -0.15) is 0 Å². The summed E-state index contributed by atoms with van der Waals surface area (Å²) < 4.78 is 2.24. The standard InChI is InChI=1S/C19H24N4OS/c1-2-23-17(15-9-10-15)20-21-19(23)25-13-14-5-7-16(8-6-14)18(24)22-11-3-4-12-22/h5-8,15H,2-4,9-13H2,1H3. The van der Waals surface area contributed by atoms with Crippen LogP contribution < -0.4 is 0 Å². The molecule has 1 aromatic carbocycles. The summed E-state index contributed by atoms with van der Waals surface area (Å²) in [5, 5.41) is 9.76. The normalized spacial score (nSPS) is 17.2. The quantitative estimate of drug-likeness (QED) is 0.741. The molecule has 5 nitrogen and oxygen atoms in total. The maximum absolute atomic E-state index is 12.4. The van der Waals surface area contributed by atoms with E-state index in [1.54, 1.807) is 11.8 Å². The van der Waals surface area contributed by atoms with Gasteiger partial charge in [-0.15, -0.1) is 10.2 Å². The lowest BCUT2D eigenvalue weighted by Gasteiger charge is -2.15. The highest BCUT2D eigenvalue weighted by atomic mass is 32.2. The van der Waals surface area contributed by atoms with E-state index in [1.807, 2.05) is 17.0 Å². The molecule has 1 aliphatic carbocycles. The molecule has 1 amide bonds. The zero-order valence-electron chi connectivity index (χ0n) is 14.6. The molecule has 2 aromatic rings. The van der Waals surface area contributed by atoms with E-state index in [1.165, 1.54) is 18.4 Å². The van der Waals surface area contributed by atoms with E-state index >= 15 is 0 Å². The molecule has 0 spiro atoms. The molecule has 6 heteroatoms. The molecule has 2 fully saturated rings. The van der Waals surface area contributed by atoms with Crippen LogP contribution >= 0.6 is 11.8 Å². The van der Waals surface area contributed by atoms with Gasteiger partial charge in [0.1, 0.15) is 5.82 Å². The molecule has 2 aliphatic rings. The fourth-order valence-electron chi connectivity index (χ4n) is 3.34. The molecule has 1 aromatic heterocycles. The molecule has 0 N–H and O–H groups in total. The third-order valence-electron chi connectivity index (χ3n) is 4.97. The smallest absolute Gasteiger partial charge is 0.253 e. The maximum Gasteiger partial charge on any atom is 0.253 e. The van der Waals surface area contributed by atoms with Crippen molar-refractivity contribution >= 4 is 17.7 Å². The summed E-state index contributed by atoms with van der Waals surface area (Å²) in [5.41, 5.74) is 2.00. The molecule has 0 atom stereocenters. The van der Waals surface area contributed by atoms with Gasteiger partial charge in [-0.25, -0.2) is 0 Å². The lowest BCUT2D eigenvalue weighted by molar-refractivity contribution is 0.0793. The monoisotopic (exact) mass is 356 g/mol. The molecule has 132 valence electrons. The van der Waals surface area contributed by atoms with Gasteiger partial charge in [-0.05, 0) is 50.3 Å². The van der Waals surface area contributed by atoms with Crippen molar-refractivity contribution in [1.29, 1.82) is 0 Å². The molecular weight excluding hydrogens is 332 g/mol. The second-order valence-corrected chi connectivity index (χ2v) is 7.79. The van der Waals surface area contributed by atoms with Gasteiger partial charge in [0.15, 0.2) is 5.16 Å². The van der Waals surface area contributed by atoms with Gasteiger partial charge >= 0.3 is 0 Å².